The highest BCUT2D eigenvalue weighted by Crippen LogP contribution is 2.22. The number of carbonyl (C=O) groups excluding carboxylic acids is 1. The Balaban J connectivity index is 1.73. The highest BCUT2D eigenvalue weighted by atomic mass is 16.3. The number of benzene rings is 1. The van der Waals surface area contributed by atoms with E-state index in [-0.39, 0.29) is 12.0 Å². The van der Waals surface area contributed by atoms with Crippen LogP contribution < -0.4 is 0 Å². The van der Waals surface area contributed by atoms with Crippen molar-refractivity contribution in [1.29, 1.82) is 0 Å². The van der Waals surface area contributed by atoms with E-state index in [2.05, 4.69) is 10.2 Å². The second-order valence-electron chi connectivity index (χ2n) is 5.54. The van der Waals surface area contributed by atoms with E-state index in [1.54, 1.807) is 6.20 Å². The van der Waals surface area contributed by atoms with Crippen molar-refractivity contribution in [3.8, 4) is 0 Å². The van der Waals surface area contributed by atoms with Gasteiger partial charge in [-0.15, -0.1) is 0 Å². The number of likely N-dealkylation sites (tertiary alicyclic amines) is 1. The van der Waals surface area contributed by atoms with Crippen LogP contribution in [0.15, 0.2) is 24.4 Å². The molecule has 1 atom stereocenters. The lowest BCUT2D eigenvalue weighted by atomic mass is 9.92. The van der Waals surface area contributed by atoms with Crippen molar-refractivity contribution >= 4 is 16.8 Å². The Morgan fingerprint density at radius 3 is 2.90 bits per heavy atom. The van der Waals surface area contributed by atoms with Crippen LogP contribution in [0.3, 0.4) is 0 Å². The highest BCUT2D eigenvalue weighted by molar-refractivity contribution is 5.97. The first-order valence-corrected chi connectivity index (χ1v) is 7.05. The van der Waals surface area contributed by atoms with Crippen LogP contribution in [-0.4, -0.2) is 45.3 Å². The maximum Gasteiger partial charge on any atom is 0.253 e. The lowest BCUT2D eigenvalue weighted by Crippen LogP contribution is -2.40. The Morgan fingerprint density at radius 1 is 1.45 bits per heavy atom. The minimum Gasteiger partial charge on any atom is -0.393 e. The van der Waals surface area contributed by atoms with Gasteiger partial charge in [0.05, 0.1) is 17.8 Å². The van der Waals surface area contributed by atoms with Crippen LogP contribution in [0.2, 0.25) is 0 Å². The van der Waals surface area contributed by atoms with Crippen molar-refractivity contribution in [1.82, 2.24) is 15.1 Å². The predicted octanol–water partition coefficient (Wildman–Crippen LogP) is 1.80. The topological polar surface area (TPSA) is 69.2 Å². The van der Waals surface area contributed by atoms with E-state index >= 15 is 0 Å². The molecule has 0 aliphatic carbocycles. The summed E-state index contributed by atoms with van der Waals surface area (Å²) >= 11 is 0. The number of aromatic amines is 1. The van der Waals surface area contributed by atoms with Crippen molar-refractivity contribution in [2.45, 2.75) is 25.9 Å². The van der Waals surface area contributed by atoms with Crippen molar-refractivity contribution < 1.29 is 9.90 Å². The molecule has 1 fully saturated rings. The monoisotopic (exact) mass is 273 g/mol. The summed E-state index contributed by atoms with van der Waals surface area (Å²) in [7, 11) is 0. The summed E-state index contributed by atoms with van der Waals surface area (Å²) in [6.45, 7) is 3.26. The largest absolute Gasteiger partial charge is 0.393 e. The fraction of sp³-hybridized carbons (Fsp3) is 0.467. The molecule has 3 rings (SSSR count). The third-order valence-corrected chi connectivity index (χ3v) is 4.20. The smallest absolute Gasteiger partial charge is 0.253 e. The number of nitrogens with zero attached hydrogens (tertiary/aromatic N) is 2. The van der Waals surface area contributed by atoms with Crippen LogP contribution in [0.25, 0.3) is 10.9 Å². The molecule has 1 aromatic carbocycles. The van der Waals surface area contributed by atoms with Crippen molar-refractivity contribution in [3.05, 3.63) is 30.0 Å². The maximum atomic E-state index is 12.5. The van der Waals surface area contributed by atoms with Gasteiger partial charge < -0.3 is 10.0 Å². The zero-order valence-corrected chi connectivity index (χ0v) is 11.5. The standard InChI is InChI=1S/C15H19N3O2/c1-10(19)11-4-6-18(7-5-11)15(20)12-2-3-13-9-16-17-14(13)8-12/h2-3,8-11,19H,4-7H2,1H3,(H,16,17). The number of hydrogen-bond donors (Lipinski definition) is 2. The average molecular weight is 273 g/mol. The molecule has 0 spiro atoms. The number of hydrogen-bond acceptors (Lipinski definition) is 3. The summed E-state index contributed by atoms with van der Waals surface area (Å²) in [5.41, 5.74) is 1.58. The summed E-state index contributed by atoms with van der Waals surface area (Å²) in [6.07, 6.45) is 3.21. The molecule has 0 bridgehead atoms. The minimum absolute atomic E-state index is 0.0607. The summed E-state index contributed by atoms with van der Waals surface area (Å²) in [4.78, 5) is 14.3. The Bertz CT molecular complexity index is 612. The van der Waals surface area contributed by atoms with Gasteiger partial charge in [-0.2, -0.15) is 5.10 Å². The maximum absolute atomic E-state index is 12.5. The van der Waals surface area contributed by atoms with Crippen molar-refractivity contribution in [3.63, 3.8) is 0 Å². The van der Waals surface area contributed by atoms with E-state index < -0.39 is 0 Å². The third kappa shape index (κ3) is 2.41. The minimum atomic E-state index is -0.284. The van der Waals surface area contributed by atoms with Crippen LogP contribution >= 0.6 is 0 Å². The number of carbonyl (C=O) groups is 1. The Morgan fingerprint density at radius 2 is 2.20 bits per heavy atom. The second kappa shape index (κ2) is 5.25. The van der Waals surface area contributed by atoms with Gasteiger partial charge in [-0.3, -0.25) is 9.89 Å². The van der Waals surface area contributed by atoms with Gasteiger partial charge in [-0.05, 0) is 37.8 Å². The first kappa shape index (κ1) is 13.1. The predicted molar refractivity (Wildman–Crippen MR) is 76.4 cm³/mol. The zero-order valence-electron chi connectivity index (χ0n) is 11.5. The lowest BCUT2D eigenvalue weighted by Gasteiger charge is -2.33. The molecule has 2 heterocycles. The Kier molecular flexibility index (Phi) is 3.44. The molecule has 5 nitrogen and oxygen atoms in total. The number of piperidine rings is 1. The first-order chi connectivity index (χ1) is 9.65. The van der Waals surface area contributed by atoms with E-state index in [0.717, 1.165) is 36.8 Å². The Hall–Kier alpha value is -1.88. The number of aromatic nitrogens is 2. The Labute approximate surface area is 117 Å². The summed E-state index contributed by atoms with van der Waals surface area (Å²) in [5.74, 6) is 0.375. The highest BCUT2D eigenvalue weighted by Gasteiger charge is 2.26. The van der Waals surface area contributed by atoms with Gasteiger partial charge in [0.2, 0.25) is 0 Å². The molecule has 1 aromatic heterocycles. The van der Waals surface area contributed by atoms with Crippen LogP contribution in [0.1, 0.15) is 30.1 Å². The first-order valence-electron chi connectivity index (χ1n) is 7.05. The molecule has 0 radical (unpaired) electrons. The van der Waals surface area contributed by atoms with E-state index in [1.165, 1.54) is 0 Å². The molecular formula is C15H19N3O2. The third-order valence-electron chi connectivity index (χ3n) is 4.20. The lowest BCUT2D eigenvalue weighted by molar-refractivity contribution is 0.0521. The molecule has 1 saturated heterocycles. The number of fused-ring (bicyclic) bond motifs is 1. The second-order valence-corrected chi connectivity index (χ2v) is 5.54. The van der Waals surface area contributed by atoms with Crippen LogP contribution in [-0.2, 0) is 0 Å². The van der Waals surface area contributed by atoms with E-state index in [9.17, 15) is 9.90 Å². The summed E-state index contributed by atoms with van der Waals surface area (Å²) in [5, 5.41) is 17.5. The van der Waals surface area contributed by atoms with E-state index in [4.69, 9.17) is 0 Å². The molecule has 106 valence electrons. The van der Waals surface area contributed by atoms with Gasteiger partial charge in [-0.1, -0.05) is 6.07 Å². The molecule has 1 amide bonds. The van der Waals surface area contributed by atoms with E-state index in [0.29, 0.717) is 11.5 Å². The molecule has 2 N–H and O–H groups in total. The summed E-state index contributed by atoms with van der Waals surface area (Å²) in [6, 6.07) is 5.61. The number of rotatable bonds is 2. The van der Waals surface area contributed by atoms with Crippen LogP contribution in [0.5, 0.6) is 0 Å². The number of aliphatic hydroxyl groups excluding tert-OH is 1. The van der Waals surface area contributed by atoms with Crippen molar-refractivity contribution in [2.24, 2.45) is 5.92 Å². The molecule has 0 saturated carbocycles. The number of amides is 1. The van der Waals surface area contributed by atoms with Crippen LogP contribution in [0.4, 0.5) is 0 Å². The molecule has 2 aromatic rings. The molecule has 1 aliphatic rings. The fourth-order valence-electron chi connectivity index (χ4n) is 2.84. The van der Waals surface area contributed by atoms with Gasteiger partial charge in [0.25, 0.3) is 5.91 Å². The molecule has 1 aliphatic heterocycles. The van der Waals surface area contributed by atoms with Gasteiger partial charge in [0.1, 0.15) is 0 Å². The summed E-state index contributed by atoms with van der Waals surface area (Å²) < 4.78 is 0. The number of H-pyrrole nitrogens is 1. The van der Waals surface area contributed by atoms with E-state index in [1.807, 2.05) is 30.0 Å². The normalized spacial score (nSPS) is 18.4. The van der Waals surface area contributed by atoms with Gasteiger partial charge in [-0.25, -0.2) is 0 Å². The van der Waals surface area contributed by atoms with Crippen LogP contribution in [0, 0.1) is 5.92 Å². The molecule has 1 unspecified atom stereocenters. The molecule has 20 heavy (non-hydrogen) atoms. The average Bonchev–Trinajstić information content (AvgIpc) is 2.94. The van der Waals surface area contributed by atoms with Gasteiger partial charge >= 0.3 is 0 Å². The number of aliphatic hydroxyl groups is 1. The molecule has 5 heteroatoms. The fourth-order valence-corrected chi connectivity index (χ4v) is 2.84. The van der Waals surface area contributed by atoms with Gasteiger partial charge in [0, 0.05) is 24.0 Å². The zero-order chi connectivity index (χ0) is 14.1. The quantitative estimate of drug-likeness (QED) is 0.876. The SMILES string of the molecule is CC(O)C1CCN(C(=O)c2ccc3cn[nH]c3c2)CC1. The number of nitrogens with one attached hydrogen (secondary N) is 1. The molecular weight excluding hydrogens is 254 g/mol. The van der Waals surface area contributed by atoms with Crippen molar-refractivity contribution in [2.75, 3.05) is 13.1 Å². The van der Waals surface area contributed by atoms with Gasteiger partial charge in [0.15, 0.2) is 0 Å².